The third-order valence-corrected chi connectivity index (χ3v) is 8.42. The molecule has 3 aromatic rings. The fourth-order valence-corrected chi connectivity index (χ4v) is 5.79. The van der Waals surface area contributed by atoms with E-state index in [1.165, 1.54) is 17.0 Å². The Morgan fingerprint density at radius 1 is 0.927 bits per heavy atom. The Morgan fingerprint density at radius 3 is 2.12 bits per heavy atom. The van der Waals surface area contributed by atoms with Gasteiger partial charge in [0.1, 0.15) is 18.3 Å². The van der Waals surface area contributed by atoms with E-state index in [1.807, 2.05) is 27.7 Å². The summed E-state index contributed by atoms with van der Waals surface area (Å²) in [6.07, 6.45) is 0.347. The Hall–Kier alpha value is -3.56. The number of nitrogens with zero attached hydrogens (tertiary/aromatic N) is 2. The average Bonchev–Trinajstić information content (AvgIpc) is 2.96. The molecule has 10 heteroatoms. The molecule has 0 radical (unpaired) electrons. The van der Waals surface area contributed by atoms with Crippen molar-refractivity contribution in [1.29, 1.82) is 0 Å². The first kappa shape index (κ1) is 32.0. The zero-order chi connectivity index (χ0) is 30.0. The lowest BCUT2D eigenvalue weighted by Crippen LogP contribution is -2.52. The van der Waals surface area contributed by atoms with Gasteiger partial charge in [-0.1, -0.05) is 62.7 Å². The molecule has 0 unspecified atom stereocenters. The van der Waals surface area contributed by atoms with E-state index in [4.69, 9.17) is 16.3 Å². The number of hydrogen-bond donors (Lipinski definition) is 1. The maximum absolute atomic E-state index is 14.1. The number of carbonyl (C=O) groups excluding carboxylic acids is 2. The molecule has 0 aliphatic carbocycles. The molecule has 3 aromatic carbocycles. The van der Waals surface area contributed by atoms with E-state index < -0.39 is 28.5 Å². The molecule has 220 valence electrons. The van der Waals surface area contributed by atoms with Crippen molar-refractivity contribution in [3.63, 3.8) is 0 Å². The van der Waals surface area contributed by atoms with Crippen molar-refractivity contribution in [2.75, 3.05) is 24.0 Å². The van der Waals surface area contributed by atoms with Crippen molar-refractivity contribution >= 4 is 39.1 Å². The topological polar surface area (TPSA) is 96.0 Å². The van der Waals surface area contributed by atoms with Gasteiger partial charge in [-0.15, -0.1) is 0 Å². The van der Waals surface area contributed by atoms with Crippen LogP contribution in [-0.4, -0.2) is 50.9 Å². The van der Waals surface area contributed by atoms with Crippen LogP contribution in [0.4, 0.5) is 5.69 Å². The SMILES string of the molecule is CCOc1ccc(S(=O)(=O)N(CC(=O)N(Cc2ccc(Cl)cc2)[C@@H](CC)C(=O)NCC(C)C)c2ccccc2)cc1. The summed E-state index contributed by atoms with van der Waals surface area (Å²) < 4.78 is 34.4. The van der Waals surface area contributed by atoms with Crippen LogP contribution in [0.5, 0.6) is 5.75 Å². The molecule has 0 saturated heterocycles. The van der Waals surface area contributed by atoms with E-state index in [0.29, 0.717) is 36.0 Å². The van der Waals surface area contributed by atoms with Gasteiger partial charge >= 0.3 is 0 Å². The monoisotopic (exact) mass is 599 g/mol. The first-order valence-corrected chi connectivity index (χ1v) is 15.5. The highest BCUT2D eigenvalue weighted by Crippen LogP contribution is 2.26. The van der Waals surface area contributed by atoms with E-state index >= 15 is 0 Å². The van der Waals surface area contributed by atoms with Crippen LogP contribution >= 0.6 is 11.6 Å². The minimum atomic E-state index is -4.15. The van der Waals surface area contributed by atoms with Gasteiger partial charge in [0.15, 0.2) is 0 Å². The highest BCUT2D eigenvalue weighted by molar-refractivity contribution is 7.92. The third-order valence-electron chi connectivity index (χ3n) is 6.38. The molecule has 0 saturated carbocycles. The summed E-state index contributed by atoms with van der Waals surface area (Å²) in [7, 11) is -4.15. The number of rotatable bonds is 14. The standard InChI is InChI=1S/C31H38ClN3O5S/c1-5-29(31(37)33-20-23(3)4)34(21-24-12-14-25(32)15-13-24)30(36)22-35(26-10-8-7-9-11-26)41(38,39)28-18-16-27(17-19-28)40-6-2/h7-19,23,29H,5-6,20-22H2,1-4H3,(H,33,37)/t29-/m0/s1. The van der Waals surface area contributed by atoms with Crippen molar-refractivity contribution in [2.24, 2.45) is 5.92 Å². The Labute approximate surface area is 248 Å². The number of nitrogens with one attached hydrogen (secondary N) is 1. The van der Waals surface area contributed by atoms with E-state index in [-0.39, 0.29) is 23.3 Å². The fourth-order valence-electron chi connectivity index (χ4n) is 4.25. The van der Waals surface area contributed by atoms with Crippen molar-refractivity contribution in [3.8, 4) is 5.75 Å². The number of para-hydroxylation sites is 1. The predicted molar refractivity (Wildman–Crippen MR) is 163 cm³/mol. The van der Waals surface area contributed by atoms with Crippen LogP contribution < -0.4 is 14.4 Å². The Kier molecular flexibility index (Phi) is 11.6. The van der Waals surface area contributed by atoms with Crippen molar-refractivity contribution < 1.29 is 22.7 Å². The summed E-state index contributed by atoms with van der Waals surface area (Å²) in [5.74, 6) is -0.0279. The van der Waals surface area contributed by atoms with Gasteiger partial charge in [-0.05, 0) is 73.4 Å². The summed E-state index contributed by atoms with van der Waals surface area (Å²) >= 11 is 6.07. The predicted octanol–water partition coefficient (Wildman–Crippen LogP) is 5.51. The van der Waals surface area contributed by atoms with E-state index in [9.17, 15) is 18.0 Å². The first-order valence-electron chi connectivity index (χ1n) is 13.7. The molecule has 0 aliphatic rings. The van der Waals surface area contributed by atoms with Crippen LogP contribution in [0.3, 0.4) is 0 Å². The molecule has 8 nitrogen and oxygen atoms in total. The molecule has 0 aromatic heterocycles. The molecular weight excluding hydrogens is 562 g/mol. The molecule has 1 N–H and O–H groups in total. The second kappa shape index (κ2) is 14.9. The molecule has 0 heterocycles. The van der Waals surface area contributed by atoms with Crippen molar-refractivity contribution in [3.05, 3.63) is 89.4 Å². The minimum Gasteiger partial charge on any atom is -0.494 e. The van der Waals surface area contributed by atoms with Gasteiger partial charge in [-0.25, -0.2) is 8.42 Å². The Balaban J connectivity index is 2.00. The quantitative estimate of drug-likeness (QED) is 0.263. The van der Waals surface area contributed by atoms with E-state index in [1.54, 1.807) is 66.7 Å². The fraction of sp³-hybridized carbons (Fsp3) is 0.355. The van der Waals surface area contributed by atoms with Gasteiger partial charge in [0, 0.05) is 18.1 Å². The highest BCUT2D eigenvalue weighted by Gasteiger charge is 2.33. The minimum absolute atomic E-state index is 0.0172. The second-order valence-corrected chi connectivity index (χ2v) is 12.3. The number of ether oxygens (including phenoxy) is 1. The van der Waals surface area contributed by atoms with Gasteiger partial charge in [0.25, 0.3) is 10.0 Å². The van der Waals surface area contributed by atoms with Crippen LogP contribution in [0, 0.1) is 5.92 Å². The third kappa shape index (κ3) is 8.71. The number of hydrogen-bond acceptors (Lipinski definition) is 5. The number of sulfonamides is 1. The van der Waals surface area contributed by atoms with Crippen LogP contribution in [-0.2, 0) is 26.2 Å². The summed E-state index contributed by atoms with van der Waals surface area (Å²) in [6, 6.07) is 20.7. The van der Waals surface area contributed by atoms with Crippen LogP contribution in [0.2, 0.25) is 5.02 Å². The molecule has 0 aliphatic heterocycles. The van der Waals surface area contributed by atoms with Crippen LogP contribution in [0.1, 0.15) is 39.7 Å². The highest BCUT2D eigenvalue weighted by atomic mass is 35.5. The zero-order valence-electron chi connectivity index (χ0n) is 23.9. The maximum atomic E-state index is 14.1. The number of benzene rings is 3. The second-order valence-electron chi connectivity index (χ2n) is 9.96. The van der Waals surface area contributed by atoms with E-state index in [0.717, 1.165) is 9.87 Å². The molecule has 0 fully saturated rings. The average molecular weight is 600 g/mol. The van der Waals surface area contributed by atoms with E-state index in [2.05, 4.69) is 5.32 Å². The molecule has 1 atom stereocenters. The molecule has 0 spiro atoms. The van der Waals surface area contributed by atoms with Crippen LogP contribution in [0.25, 0.3) is 0 Å². The molecular formula is C31H38ClN3O5S. The normalized spacial score (nSPS) is 12.0. The Morgan fingerprint density at radius 2 is 1.56 bits per heavy atom. The lowest BCUT2D eigenvalue weighted by molar-refractivity contribution is -0.140. The molecule has 0 bridgehead atoms. The number of halogens is 1. The summed E-state index contributed by atoms with van der Waals surface area (Å²) in [5.41, 5.74) is 1.09. The summed E-state index contributed by atoms with van der Waals surface area (Å²) in [4.78, 5) is 28.8. The number of amides is 2. The first-order chi connectivity index (χ1) is 19.6. The summed E-state index contributed by atoms with van der Waals surface area (Å²) in [5, 5.41) is 3.47. The van der Waals surface area contributed by atoms with Crippen molar-refractivity contribution in [1.82, 2.24) is 10.2 Å². The van der Waals surface area contributed by atoms with Gasteiger partial charge < -0.3 is 15.0 Å². The lowest BCUT2D eigenvalue weighted by atomic mass is 10.1. The Bertz CT molecular complexity index is 1380. The van der Waals surface area contributed by atoms with Gasteiger partial charge in [-0.3, -0.25) is 13.9 Å². The van der Waals surface area contributed by atoms with Gasteiger partial charge in [0.05, 0.1) is 17.2 Å². The maximum Gasteiger partial charge on any atom is 0.264 e. The smallest absolute Gasteiger partial charge is 0.264 e. The van der Waals surface area contributed by atoms with Crippen LogP contribution in [0.15, 0.2) is 83.8 Å². The molecule has 2 amide bonds. The largest absolute Gasteiger partial charge is 0.494 e. The van der Waals surface area contributed by atoms with Crippen molar-refractivity contribution in [2.45, 2.75) is 51.6 Å². The number of carbonyl (C=O) groups is 2. The summed E-state index contributed by atoms with van der Waals surface area (Å²) in [6.45, 7) is 8.16. The van der Waals surface area contributed by atoms with Gasteiger partial charge in [0.2, 0.25) is 11.8 Å². The number of anilines is 1. The molecule has 41 heavy (non-hydrogen) atoms. The molecule has 3 rings (SSSR count). The van der Waals surface area contributed by atoms with Gasteiger partial charge in [-0.2, -0.15) is 0 Å². The lowest BCUT2D eigenvalue weighted by Gasteiger charge is -2.33. The zero-order valence-corrected chi connectivity index (χ0v) is 25.5.